The van der Waals surface area contributed by atoms with E-state index in [2.05, 4.69) is 5.10 Å². The van der Waals surface area contributed by atoms with Crippen LogP contribution >= 0.6 is 12.2 Å². The number of H-pyrrole nitrogens is 1. The molecule has 0 bridgehead atoms. The van der Waals surface area contributed by atoms with Crippen molar-refractivity contribution in [3.8, 4) is 5.69 Å². The lowest BCUT2D eigenvalue weighted by Gasteiger charge is -2.02. The number of carbonyl (C=O) groups is 1. The molecular formula is C12H12N2OS. The summed E-state index contributed by atoms with van der Waals surface area (Å²) in [6.07, 6.45) is 0.791. The topological polar surface area (TPSA) is 37.8 Å². The van der Waals surface area contributed by atoms with E-state index in [1.165, 1.54) is 5.56 Å². The quantitative estimate of drug-likeness (QED) is 0.638. The van der Waals surface area contributed by atoms with Gasteiger partial charge < -0.3 is 0 Å². The van der Waals surface area contributed by atoms with Crippen LogP contribution in [0.3, 0.4) is 0 Å². The Hall–Kier alpha value is -1.68. The summed E-state index contributed by atoms with van der Waals surface area (Å²) in [6, 6.07) is 7.95. The maximum Gasteiger partial charge on any atom is 0.154 e. The molecule has 0 aliphatic rings. The minimum absolute atomic E-state index is 0.524. The van der Waals surface area contributed by atoms with Crippen LogP contribution < -0.4 is 0 Å². The van der Waals surface area contributed by atoms with Crippen LogP contribution in [0.4, 0.5) is 0 Å². The van der Waals surface area contributed by atoms with Gasteiger partial charge in [-0.15, -0.1) is 0 Å². The van der Waals surface area contributed by atoms with Gasteiger partial charge in [-0.1, -0.05) is 29.9 Å². The van der Waals surface area contributed by atoms with Crippen LogP contribution in [0.2, 0.25) is 0 Å². The fourth-order valence-electron chi connectivity index (χ4n) is 1.57. The van der Waals surface area contributed by atoms with Gasteiger partial charge in [-0.3, -0.25) is 9.89 Å². The SMILES string of the molecule is Cc1ccc(-n2[nH]c(C)c(C=O)c2=S)cc1. The molecular weight excluding hydrogens is 220 g/mol. The average molecular weight is 232 g/mol. The fraction of sp³-hybridized carbons (Fsp3) is 0.167. The van der Waals surface area contributed by atoms with Crippen LogP contribution in [0.15, 0.2) is 24.3 Å². The first-order valence-electron chi connectivity index (χ1n) is 4.97. The molecule has 0 spiro atoms. The number of benzene rings is 1. The van der Waals surface area contributed by atoms with Crippen molar-refractivity contribution in [3.05, 3.63) is 45.7 Å². The molecule has 0 radical (unpaired) electrons. The van der Waals surface area contributed by atoms with Gasteiger partial charge in [0.25, 0.3) is 0 Å². The highest BCUT2D eigenvalue weighted by Crippen LogP contribution is 2.13. The van der Waals surface area contributed by atoms with Gasteiger partial charge in [0.2, 0.25) is 0 Å². The molecule has 0 unspecified atom stereocenters. The zero-order valence-corrected chi connectivity index (χ0v) is 9.97. The second-order valence-electron chi connectivity index (χ2n) is 3.74. The van der Waals surface area contributed by atoms with E-state index in [0.29, 0.717) is 10.2 Å². The van der Waals surface area contributed by atoms with Crippen LogP contribution in [-0.2, 0) is 0 Å². The summed E-state index contributed by atoms with van der Waals surface area (Å²) >= 11 is 5.23. The second kappa shape index (κ2) is 4.06. The molecule has 0 aliphatic carbocycles. The Morgan fingerprint density at radius 2 is 1.88 bits per heavy atom. The summed E-state index contributed by atoms with van der Waals surface area (Å²) in [6.45, 7) is 3.87. The number of hydrogen-bond donors (Lipinski definition) is 1. The van der Waals surface area contributed by atoms with Gasteiger partial charge in [0, 0.05) is 5.69 Å². The molecule has 4 heteroatoms. The van der Waals surface area contributed by atoms with Crippen molar-refractivity contribution >= 4 is 18.5 Å². The molecule has 0 atom stereocenters. The fourth-order valence-corrected chi connectivity index (χ4v) is 1.93. The summed E-state index contributed by atoms with van der Waals surface area (Å²) in [5, 5.41) is 3.08. The monoisotopic (exact) mass is 232 g/mol. The van der Waals surface area contributed by atoms with Crippen molar-refractivity contribution in [1.82, 2.24) is 9.78 Å². The van der Waals surface area contributed by atoms with Crippen molar-refractivity contribution in [2.24, 2.45) is 0 Å². The summed E-state index contributed by atoms with van der Waals surface area (Å²) in [5.41, 5.74) is 3.47. The number of aryl methyl sites for hydroxylation is 2. The normalized spacial score (nSPS) is 10.4. The number of aromatic amines is 1. The Morgan fingerprint density at radius 3 is 2.38 bits per heavy atom. The first kappa shape index (κ1) is 10.8. The van der Waals surface area contributed by atoms with E-state index in [0.717, 1.165) is 17.7 Å². The summed E-state index contributed by atoms with van der Waals surface area (Å²) in [5.74, 6) is 0. The predicted molar refractivity (Wildman–Crippen MR) is 65.8 cm³/mol. The van der Waals surface area contributed by atoms with Gasteiger partial charge in [-0.25, -0.2) is 4.68 Å². The average Bonchev–Trinajstić information content (AvgIpc) is 2.55. The molecule has 0 fully saturated rings. The molecule has 1 aromatic carbocycles. The largest absolute Gasteiger partial charge is 0.298 e. The molecule has 0 saturated carbocycles. The Bertz CT molecular complexity index is 578. The van der Waals surface area contributed by atoms with Gasteiger partial charge in [-0.2, -0.15) is 0 Å². The number of rotatable bonds is 2. The van der Waals surface area contributed by atoms with E-state index in [4.69, 9.17) is 12.2 Å². The smallest absolute Gasteiger partial charge is 0.154 e. The van der Waals surface area contributed by atoms with E-state index in [1.54, 1.807) is 4.68 Å². The summed E-state index contributed by atoms with van der Waals surface area (Å²) in [4.78, 5) is 10.8. The lowest BCUT2D eigenvalue weighted by atomic mass is 10.2. The highest BCUT2D eigenvalue weighted by Gasteiger charge is 2.07. The van der Waals surface area contributed by atoms with Gasteiger partial charge >= 0.3 is 0 Å². The second-order valence-corrected chi connectivity index (χ2v) is 4.13. The number of aromatic nitrogens is 2. The molecule has 2 rings (SSSR count). The molecule has 1 aromatic heterocycles. The summed E-state index contributed by atoms with van der Waals surface area (Å²) < 4.78 is 2.27. The van der Waals surface area contributed by atoms with Gasteiger partial charge in [0.05, 0.1) is 11.3 Å². The lowest BCUT2D eigenvalue weighted by Crippen LogP contribution is -1.96. The Balaban J connectivity index is 2.61. The van der Waals surface area contributed by atoms with Gasteiger partial charge in [0.15, 0.2) is 6.29 Å². The highest BCUT2D eigenvalue weighted by atomic mass is 32.1. The predicted octanol–water partition coefficient (Wildman–Crippen LogP) is 2.96. The van der Waals surface area contributed by atoms with Crippen molar-refractivity contribution in [2.75, 3.05) is 0 Å². The molecule has 1 heterocycles. The third-order valence-corrected chi connectivity index (χ3v) is 2.93. The third-order valence-electron chi connectivity index (χ3n) is 2.53. The third kappa shape index (κ3) is 1.72. The van der Waals surface area contributed by atoms with Gasteiger partial charge in [0.1, 0.15) is 4.64 Å². The number of hydrogen-bond acceptors (Lipinski definition) is 2. The van der Waals surface area contributed by atoms with Crippen LogP contribution in [0.5, 0.6) is 0 Å². The maximum absolute atomic E-state index is 10.8. The molecule has 16 heavy (non-hydrogen) atoms. The van der Waals surface area contributed by atoms with Crippen LogP contribution in [0, 0.1) is 18.5 Å². The van der Waals surface area contributed by atoms with Crippen molar-refractivity contribution in [3.63, 3.8) is 0 Å². The molecule has 0 amide bonds. The number of carbonyl (C=O) groups excluding carboxylic acids is 1. The Morgan fingerprint density at radius 1 is 1.25 bits per heavy atom. The molecule has 0 aliphatic heterocycles. The van der Waals surface area contributed by atoms with E-state index in [1.807, 2.05) is 38.1 Å². The zero-order chi connectivity index (χ0) is 11.7. The van der Waals surface area contributed by atoms with Crippen molar-refractivity contribution in [1.29, 1.82) is 0 Å². The number of aldehydes is 1. The Labute approximate surface area is 98.7 Å². The summed E-state index contributed by atoms with van der Waals surface area (Å²) in [7, 11) is 0. The molecule has 3 nitrogen and oxygen atoms in total. The van der Waals surface area contributed by atoms with Crippen LogP contribution in [0.25, 0.3) is 5.69 Å². The first-order valence-corrected chi connectivity index (χ1v) is 5.38. The number of nitrogens with one attached hydrogen (secondary N) is 1. The number of nitrogens with zero attached hydrogens (tertiary/aromatic N) is 1. The van der Waals surface area contributed by atoms with E-state index in [-0.39, 0.29) is 0 Å². The van der Waals surface area contributed by atoms with Crippen LogP contribution in [-0.4, -0.2) is 16.1 Å². The zero-order valence-electron chi connectivity index (χ0n) is 9.15. The minimum atomic E-state index is 0.524. The van der Waals surface area contributed by atoms with Crippen LogP contribution in [0.1, 0.15) is 21.6 Å². The highest BCUT2D eigenvalue weighted by molar-refractivity contribution is 7.71. The Kier molecular flexibility index (Phi) is 2.75. The standard InChI is InChI=1S/C12H12N2OS/c1-8-3-5-10(6-4-8)14-12(16)11(7-15)9(2)13-14/h3-7,13H,1-2H3. The molecule has 82 valence electrons. The molecule has 0 saturated heterocycles. The van der Waals surface area contributed by atoms with Crippen molar-refractivity contribution in [2.45, 2.75) is 13.8 Å². The first-order chi connectivity index (χ1) is 7.63. The van der Waals surface area contributed by atoms with E-state index < -0.39 is 0 Å². The minimum Gasteiger partial charge on any atom is -0.298 e. The lowest BCUT2D eigenvalue weighted by molar-refractivity contribution is 0.112. The van der Waals surface area contributed by atoms with E-state index >= 15 is 0 Å². The molecule has 1 N–H and O–H groups in total. The van der Waals surface area contributed by atoms with E-state index in [9.17, 15) is 4.79 Å². The molecule has 2 aromatic rings. The van der Waals surface area contributed by atoms with Crippen molar-refractivity contribution < 1.29 is 4.79 Å². The van der Waals surface area contributed by atoms with Gasteiger partial charge in [-0.05, 0) is 26.0 Å². The maximum atomic E-state index is 10.8.